The van der Waals surface area contributed by atoms with Gasteiger partial charge >= 0.3 is 0 Å². The number of ketones is 1. The van der Waals surface area contributed by atoms with Crippen molar-refractivity contribution in [1.29, 1.82) is 0 Å². The van der Waals surface area contributed by atoms with Crippen LogP contribution in [0.1, 0.15) is 27.0 Å². The molecule has 3 nitrogen and oxygen atoms in total. The summed E-state index contributed by atoms with van der Waals surface area (Å²) < 4.78 is 12.8. The minimum absolute atomic E-state index is 0.140. The Balaban J connectivity index is 1.57. The summed E-state index contributed by atoms with van der Waals surface area (Å²) >= 11 is 15.4. The van der Waals surface area contributed by atoms with E-state index in [-0.39, 0.29) is 5.78 Å². The Morgan fingerprint density at radius 2 is 1.90 bits per heavy atom. The van der Waals surface area contributed by atoms with Gasteiger partial charge in [-0.1, -0.05) is 57.3 Å². The van der Waals surface area contributed by atoms with E-state index in [4.69, 9.17) is 32.7 Å². The maximum Gasteiger partial charge on any atom is 0.231 e. The lowest BCUT2D eigenvalue weighted by molar-refractivity contribution is 0.101. The van der Waals surface area contributed by atoms with Crippen molar-refractivity contribution in [3.8, 4) is 11.5 Å². The van der Waals surface area contributed by atoms with Gasteiger partial charge in [0.25, 0.3) is 0 Å². The molecule has 0 fully saturated rings. The molecule has 0 aliphatic carbocycles. The highest BCUT2D eigenvalue weighted by atomic mass is 79.9. The van der Waals surface area contributed by atoms with Gasteiger partial charge in [0.15, 0.2) is 5.76 Å². The van der Waals surface area contributed by atoms with Crippen LogP contribution in [0.25, 0.3) is 6.08 Å². The molecule has 1 aliphatic heterocycles. The lowest BCUT2D eigenvalue weighted by Crippen LogP contribution is -1.98. The van der Waals surface area contributed by atoms with Crippen molar-refractivity contribution in [3.63, 3.8) is 0 Å². The van der Waals surface area contributed by atoms with E-state index in [9.17, 15) is 4.79 Å². The monoisotopic (exact) mass is 488 g/mol. The summed E-state index contributed by atoms with van der Waals surface area (Å²) in [4.78, 5) is 12.7. The van der Waals surface area contributed by atoms with Gasteiger partial charge in [-0.15, -0.1) is 0 Å². The van der Waals surface area contributed by atoms with Crippen LogP contribution >= 0.6 is 39.1 Å². The minimum Gasteiger partial charge on any atom is -0.488 e. The summed E-state index contributed by atoms with van der Waals surface area (Å²) in [6.07, 6.45) is 1.74. The first kappa shape index (κ1) is 20.0. The second-order valence-corrected chi connectivity index (χ2v) is 8.33. The van der Waals surface area contributed by atoms with Crippen LogP contribution in [-0.4, -0.2) is 5.78 Å². The molecule has 0 saturated heterocycles. The topological polar surface area (TPSA) is 35.5 Å². The standard InChI is InChI=1S/C23H15BrCl2O3/c1-13-20(28-12-15-5-7-18(25)19(26)10-15)8-6-17-22(27)21(29-23(13)17)11-14-3-2-4-16(24)9-14/h2-11H,12H2,1H3/b21-11-. The number of carbonyl (C=O) groups excluding carboxylic acids is 1. The number of hydrogen-bond donors (Lipinski definition) is 0. The predicted molar refractivity (Wildman–Crippen MR) is 119 cm³/mol. The summed E-state index contributed by atoms with van der Waals surface area (Å²) in [7, 11) is 0. The first-order valence-electron chi connectivity index (χ1n) is 8.82. The average Bonchev–Trinajstić information content (AvgIpc) is 3.00. The lowest BCUT2D eigenvalue weighted by atomic mass is 10.1. The van der Waals surface area contributed by atoms with Crippen molar-refractivity contribution in [2.75, 3.05) is 0 Å². The van der Waals surface area contributed by atoms with E-state index in [1.54, 1.807) is 30.3 Å². The maximum absolute atomic E-state index is 12.7. The van der Waals surface area contributed by atoms with Crippen LogP contribution in [-0.2, 0) is 6.61 Å². The predicted octanol–water partition coefficient (Wildman–Crippen LogP) is 7.26. The third-order valence-corrected chi connectivity index (χ3v) is 5.79. The van der Waals surface area contributed by atoms with Crippen molar-refractivity contribution in [2.24, 2.45) is 0 Å². The van der Waals surface area contributed by atoms with Gasteiger partial charge in [-0.2, -0.15) is 0 Å². The summed E-state index contributed by atoms with van der Waals surface area (Å²) in [5.74, 6) is 1.33. The molecule has 0 spiro atoms. The van der Waals surface area contributed by atoms with Gasteiger partial charge in [-0.25, -0.2) is 0 Å². The molecule has 4 rings (SSSR count). The Morgan fingerprint density at radius 3 is 2.66 bits per heavy atom. The first-order chi connectivity index (χ1) is 13.9. The Labute approximate surface area is 187 Å². The van der Waals surface area contributed by atoms with E-state index in [0.29, 0.717) is 39.5 Å². The van der Waals surface area contributed by atoms with Crippen LogP contribution < -0.4 is 9.47 Å². The zero-order chi connectivity index (χ0) is 20.5. The molecule has 0 radical (unpaired) electrons. The molecule has 6 heteroatoms. The van der Waals surface area contributed by atoms with Crippen LogP contribution in [0.2, 0.25) is 10.0 Å². The molecule has 0 N–H and O–H groups in total. The van der Waals surface area contributed by atoms with E-state index in [0.717, 1.165) is 21.2 Å². The van der Waals surface area contributed by atoms with Crippen molar-refractivity contribution in [2.45, 2.75) is 13.5 Å². The number of ether oxygens (including phenoxy) is 2. The van der Waals surface area contributed by atoms with Gasteiger partial charge in [-0.3, -0.25) is 4.79 Å². The van der Waals surface area contributed by atoms with Gasteiger partial charge in [0.1, 0.15) is 18.1 Å². The van der Waals surface area contributed by atoms with Crippen molar-refractivity contribution < 1.29 is 14.3 Å². The Bertz CT molecular complexity index is 1150. The van der Waals surface area contributed by atoms with Crippen molar-refractivity contribution in [1.82, 2.24) is 0 Å². The molecule has 0 atom stereocenters. The summed E-state index contributed by atoms with van der Waals surface area (Å²) in [5, 5.41) is 0.982. The summed E-state index contributed by atoms with van der Waals surface area (Å²) in [6, 6.07) is 16.5. The second-order valence-electron chi connectivity index (χ2n) is 6.60. The van der Waals surface area contributed by atoms with Crippen LogP contribution in [0.5, 0.6) is 11.5 Å². The zero-order valence-electron chi connectivity index (χ0n) is 15.3. The van der Waals surface area contributed by atoms with E-state index in [1.165, 1.54) is 0 Å². The highest BCUT2D eigenvalue weighted by molar-refractivity contribution is 9.10. The molecular formula is C23H15BrCl2O3. The number of hydrogen-bond acceptors (Lipinski definition) is 3. The molecular weight excluding hydrogens is 475 g/mol. The number of Topliss-reactive ketones (excluding diaryl/α,β-unsaturated/α-hetero) is 1. The smallest absolute Gasteiger partial charge is 0.231 e. The second kappa shape index (κ2) is 8.23. The fourth-order valence-electron chi connectivity index (χ4n) is 3.06. The molecule has 0 unspecified atom stereocenters. The Kier molecular flexibility index (Phi) is 5.68. The number of allylic oxidation sites excluding steroid dienone is 1. The largest absolute Gasteiger partial charge is 0.488 e. The number of rotatable bonds is 4. The molecule has 1 aliphatic rings. The SMILES string of the molecule is Cc1c(OCc2ccc(Cl)c(Cl)c2)ccc2c1O/C(=C\c1cccc(Br)c1)C2=O. The third kappa shape index (κ3) is 4.20. The van der Waals surface area contributed by atoms with E-state index < -0.39 is 0 Å². The van der Waals surface area contributed by atoms with E-state index >= 15 is 0 Å². The molecule has 0 bridgehead atoms. The number of halogens is 3. The van der Waals surface area contributed by atoms with Crippen LogP contribution in [0.15, 0.2) is 64.8 Å². The number of benzene rings is 3. The van der Waals surface area contributed by atoms with Gasteiger partial charge in [0, 0.05) is 10.0 Å². The highest BCUT2D eigenvalue weighted by Gasteiger charge is 2.30. The van der Waals surface area contributed by atoms with Crippen LogP contribution in [0.3, 0.4) is 0 Å². The maximum atomic E-state index is 12.7. The Morgan fingerprint density at radius 1 is 1.07 bits per heavy atom. The van der Waals surface area contributed by atoms with Crippen LogP contribution in [0, 0.1) is 6.92 Å². The fourth-order valence-corrected chi connectivity index (χ4v) is 3.80. The average molecular weight is 490 g/mol. The first-order valence-corrected chi connectivity index (χ1v) is 10.4. The minimum atomic E-state index is -0.140. The molecule has 0 saturated carbocycles. The van der Waals surface area contributed by atoms with Gasteiger partial charge in [0.05, 0.1) is 15.6 Å². The normalized spacial score (nSPS) is 14.1. The zero-order valence-corrected chi connectivity index (χ0v) is 18.4. The molecule has 0 amide bonds. The molecule has 1 heterocycles. The van der Waals surface area contributed by atoms with Crippen molar-refractivity contribution >= 4 is 51.0 Å². The molecule has 29 heavy (non-hydrogen) atoms. The molecule has 146 valence electrons. The van der Waals surface area contributed by atoms with Gasteiger partial charge in [0.2, 0.25) is 5.78 Å². The van der Waals surface area contributed by atoms with Gasteiger partial charge < -0.3 is 9.47 Å². The molecule has 0 aromatic heterocycles. The highest BCUT2D eigenvalue weighted by Crippen LogP contribution is 2.39. The summed E-state index contributed by atoms with van der Waals surface area (Å²) in [6.45, 7) is 2.20. The van der Waals surface area contributed by atoms with E-state index in [2.05, 4.69) is 15.9 Å². The molecule has 3 aromatic carbocycles. The van der Waals surface area contributed by atoms with Crippen LogP contribution in [0.4, 0.5) is 0 Å². The van der Waals surface area contributed by atoms with Crippen molar-refractivity contribution in [3.05, 3.63) is 97.1 Å². The lowest BCUT2D eigenvalue weighted by Gasteiger charge is -2.12. The molecule has 3 aromatic rings. The van der Waals surface area contributed by atoms with Gasteiger partial charge in [-0.05, 0) is 60.5 Å². The van der Waals surface area contributed by atoms with E-state index in [1.807, 2.05) is 37.3 Å². The fraction of sp³-hybridized carbons (Fsp3) is 0.0870. The quantitative estimate of drug-likeness (QED) is 0.362. The number of fused-ring (bicyclic) bond motifs is 1. The Hall–Kier alpha value is -2.27. The third-order valence-electron chi connectivity index (χ3n) is 4.56. The number of carbonyl (C=O) groups is 1. The summed E-state index contributed by atoms with van der Waals surface area (Å²) in [5.41, 5.74) is 3.08.